The maximum Gasteiger partial charge on any atom is 0.323 e. The minimum atomic E-state index is -4.00. The zero-order valence-electron chi connectivity index (χ0n) is 137. The smallest absolute Gasteiger partial charge is 0.323 e. The van der Waals surface area contributed by atoms with Crippen molar-refractivity contribution in [3.05, 3.63) is 92.8 Å². The van der Waals surface area contributed by atoms with Crippen LogP contribution in [-0.4, -0.2) is 201 Å². The number of nitrogens with two attached hydrogens (primary N) is 4. The second-order valence-corrected chi connectivity index (χ2v) is 30.2. The number of esters is 4. The number of benzene rings is 4. The molecule has 0 aliphatic carbocycles. The number of carbonyl (C=O) groups excluding carboxylic acids is 4. The highest BCUT2D eigenvalue weighted by Crippen LogP contribution is 2.50. The van der Waals surface area contributed by atoms with E-state index in [0.717, 1.165) is 57.4 Å². The standard InChI is InChI=1S/4C24H38N2O4/c4*1-14(2)9-17-13-26-8-7-16-10-21(28-5)22(29-6)11-18(16)19(26)12-20(17)30-24(27)23(25)15(3)4/h4*10-11,14-15,17,19-20,23H,7-9,12-13,25H2,1-6H3/t4*17?,19?,20?,23-/m0000/s1/i3D3,4D3,5D3,7D2,8D2,10D,11D,15D,19D,20D,23D;3D3,4D3,7D2,8D2,10D,11D,15D,19D,20D,23D;3D3,4D3,5D3,7D2,8D2,10D,11D,15D,19D,23D;3D3,4D3,7D2,8D2,10D,11D,15D,19D,23D. The molecule has 8 aliphatic heterocycles. The highest BCUT2D eigenvalue weighted by atomic mass is 16.6. The van der Waals surface area contributed by atoms with Crippen LogP contribution in [0.15, 0.2) is 48.3 Å². The van der Waals surface area contributed by atoms with Crippen LogP contribution in [0.3, 0.4) is 0 Å². The van der Waals surface area contributed by atoms with Crippen LogP contribution in [0, 0.1) is 70.9 Å². The summed E-state index contributed by atoms with van der Waals surface area (Å²) in [5.74, 6) is -34.0. The van der Waals surface area contributed by atoms with Crippen molar-refractivity contribution in [3.8, 4) is 46.0 Å². The topological polar surface area (TPSA) is 296 Å². The Morgan fingerprint density at radius 3 is 0.833 bits per heavy atom. The molecule has 120 heavy (non-hydrogen) atoms. The van der Waals surface area contributed by atoms with Gasteiger partial charge in [0.2, 0.25) is 0 Å². The molecule has 8 heterocycles. The third-order valence-electron chi connectivity index (χ3n) is 19.9. The Bertz CT molecular complexity index is 7220. The van der Waals surface area contributed by atoms with E-state index >= 15 is 0 Å². The third kappa shape index (κ3) is 23.8. The lowest BCUT2D eigenvalue weighted by Gasteiger charge is -2.47. The lowest BCUT2D eigenvalue weighted by Crippen LogP contribution is -2.51. The second-order valence-electron chi connectivity index (χ2n) is 30.2. The highest BCUT2D eigenvalue weighted by molar-refractivity contribution is 5.77. The van der Waals surface area contributed by atoms with Gasteiger partial charge in [-0.05, 0) is 191 Å². The summed E-state index contributed by atoms with van der Waals surface area (Å²) in [5, 5.41) is 0. The molecule has 8 aliphatic rings. The van der Waals surface area contributed by atoms with E-state index in [9.17, 15) is 27.4 Å². The first-order valence-electron chi connectivity index (χ1n) is 71.9. The Kier molecular flexibility index (Phi) is 14.5. The number of hydrogen-bond acceptors (Lipinski definition) is 24. The van der Waals surface area contributed by atoms with Crippen LogP contribution in [0.25, 0.3) is 0 Å². The van der Waals surface area contributed by atoms with Crippen molar-refractivity contribution >= 4 is 23.9 Å². The molecule has 12 rings (SSSR count). The highest BCUT2D eigenvalue weighted by Gasteiger charge is 2.47. The fourth-order valence-corrected chi connectivity index (χ4v) is 14.4. The molecule has 24 heteroatoms. The lowest BCUT2D eigenvalue weighted by atomic mass is 9.79. The van der Waals surface area contributed by atoms with E-state index in [1.807, 2.05) is 0 Å². The number of piperidine rings is 4. The molecule has 24 nitrogen and oxygen atoms in total. The van der Waals surface area contributed by atoms with Crippen molar-refractivity contribution in [1.29, 1.82) is 0 Å². The van der Waals surface area contributed by atoms with Gasteiger partial charge in [0.1, 0.15) is 48.4 Å². The van der Waals surface area contributed by atoms with E-state index in [-0.39, 0.29) is 60.9 Å². The molecule has 4 aromatic rings. The minimum Gasteiger partial charge on any atom is -0.493 e. The largest absolute Gasteiger partial charge is 0.493 e. The van der Waals surface area contributed by atoms with Crippen molar-refractivity contribution in [2.45, 2.75) is 260 Å². The molecule has 0 aromatic heterocycles. The van der Waals surface area contributed by atoms with Gasteiger partial charge in [0.25, 0.3) is 0 Å². The van der Waals surface area contributed by atoms with Gasteiger partial charge < -0.3 is 79.8 Å². The summed E-state index contributed by atoms with van der Waals surface area (Å²) in [5.41, 5.74) is 17.1. The Labute approximate surface area is 814 Å². The van der Waals surface area contributed by atoms with E-state index in [1.165, 1.54) is 0 Å². The van der Waals surface area contributed by atoms with Crippen molar-refractivity contribution in [3.63, 3.8) is 0 Å². The number of rotatable bonds is 28. The molecule has 0 bridgehead atoms. The number of nitrogens with zero attached hydrogens (tertiary/aromatic N) is 4. The van der Waals surface area contributed by atoms with Gasteiger partial charge in [-0.15, -0.1) is 0 Å². The van der Waals surface area contributed by atoms with Gasteiger partial charge in [0.05, 0.1) is 89.6 Å². The molecule has 0 spiro atoms. The van der Waals surface area contributed by atoms with Crippen molar-refractivity contribution < 1.29 is 169 Å². The maximum absolute atomic E-state index is 13.6. The maximum atomic E-state index is 13.6. The quantitative estimate of drug-likeness (QED) is 0.0303. The van der Waals surface area contributed by atoms with Gasteiger partial charge in [-0.25, -0.2) is 0 Å². The van der Waals surface area contributed by atoms with E-state index in [2.05, 4.69) is 0 Å². The van der Waals surface area contributed by atoms with Crippen molar-refractivity contribution in [1.82, 2.24) is 19.6 Å². The van der Waals surface area contributed by atoms with E-state index in [1.54, 1.807) is 55.4 Å². The molecule has 12 unspecified atom stereocenters. The Hall–Kier alpha value is -7.16. The molecule has 672 valence electrons. The van der Waals surface area contributed by atoms with Gasteiger partial charge >= 0.3 is 23.9 Å². The molecule has 4 aromatic carbocycles. The molecule has 0 radical (unpaired) electrons. The van der Waals surface area contributed by atoms with Gasteiger partial charge in [-0.2, -0.15) is 0 Å². The van der Waals surface area contributed by atoms with Crippen LogP contribution in [-0.2, 0) is 63.6 Å². The average molecular weight is 1740 g/mol. The van der Waals surface area contributed by atoms with Gasteiger partial charge in [-0.3, -0.25) is 38.8 Å². The van der Waals surface area contributed by atoms with Gasteiger partial charge in [0.15, 0.2) is 46.0 Å². The Morgan fingerprint density at radius 1 is 0.367 bits per heavy atom. The molecular weight excluding hydrogens is 1520 g/mol. The fraction of sp³-hybridized carbons (Fsp3) is 0.708. The number of fused-ring (bicyclic) bond motifs is 12. The van der Waals surface area contributed by atoms with Crippen molar-refractivity contribution in [2.75, 3.05) is 109 Å². The van der Waals surface area contributed by atoms with E-state index < -0.39 is 443 Å². The second kappa shape index (κ2) is 43.9. The number of ether oxygens (including phenoxy) is 12. The molecule has 4 saturated heterocycles. The monoisotopic (exact) mass is 1740 g/mol. The van der Waals surface area contributed by atoms with Crippen LogP contribution < -0.4 is 60.8 Å². The predicted octanol–water partition coefficient (Wildman–Crippen LogP) is 14.3. The Balaban J connectivity index is 0.000000273. The summed E-state index contributed by atoms with van der Waals surface area (Å²) in [6.07, 6.45) is -24.6. The zero-order valence-corrected chi connectivity index (χ0v) is 68.9. The summed E-state index contributed by atoms with van der Waals surface area (Å²) < 4.78 is 628. The molecule has 4 fully saturated rings. The van der Waals surface area contributed by atoms with Crippen LogP contribution >= 0.6 is 0 Å². The van der Waals surface area contributed by atoms with Crippen LogP contribution in [0.1, 0.15) is 323 Å². The zero-order chi connectivity index (χ0) is 147. The summed E-state index contributed by atoms with van der Waals surface area (Å²) in [6, 6.07) is -32.1. The average Bonchev–Trinajstić information content (AvgIpc) is 0.665. The first kappa shape index (κ1) is 39.6. The number of methoxy groups -OCH3 is 8. The SMILES string of the molecule is [2H]c1c(OC)c(OC([2H])([2H])[2H])c([2H])c2c1C1([2H])CC(OC(=O)[C@@]([2H])(N)C([2H])(C([2H])([2H])[2H])C([2H])([2H])[2H])C(CC(C)C)CN1C([2H])([2H])C2([2H])[2H].[2H]c1c(OC)c(OC([2H])([2H])[2H])c([2H])c2c1C1([2H])CC([2H])(OC(=O)[C@@]([2H])(N)C([2H])(C([2H])([2H])[2H])C([2H])([2H])[2H])C(CC(C)C)CN1C([2H])([2H])C2([2H])[2H].[2H]c1c(OC)c(OC)c([2H])c2c1C1([2H])CC(OC(=O)[C@@]([2H])(N)C([2H])(C([2H])([2H])[2H])C([2H])([2H])[2H])C(CC(C)C)CN1C([2H])([2H])C2([2H])[2H].[2H]c1c(OC)c(OC)c([2H])c2c1C1([2H])CC([2H])(OC(=O)[C@@]([2H])(N)C([2H])(C([2H])([2H])[2H])C([2H])([2H])[2H])C(CC(C)C)CN1C([2H])([2H])C2([2H])[2H]. The molecule has 8 N–H and O–H groups in total. The number of carbonyl (C=O) groups is 4. The minimum absolute atomic E-state index is 0.0290. The first-order chi connectivity index (χ1) is 83.4. The molecular formula is C96H152N8O16. The van der Waals surface area contributed by atoms with Crippen LogP contribution in [0.4, 0.5) is 0 Å². The predicted molar refractivity (Wildman–Crippen MR) is 471 cm³/mol. The normalized spacial score (nSPS) is 42.7. The van der Waals surface area contributed by atoms with Crippen molar-refractivity contribution in [2.24, 2.45) is 93.9 Å². The summed E-state index contributed by atoms with van der Waals surface area (Å²) >= 11 is 0. The molecule has 0 amide bonds. The lowest BCUT2D eigenvalue weighted by molar-refractivity contribution is -0.161. The van der Waals surface area contributed by atoms with Gasteiger partial charge in [-0.1, -0.05) is 110 Å². The van der Waals surface area contributed by atoms with Crippen LogP contribution in [0.2, 0.25) is 0 Å². The molecule has 16 atom stereocenters. The first-order valence-corrected chi connectivity index (χ1v) is 37.9. The van der Waals surface area contributed by atoms with Gasteiger partial charge in [0, 0.05) is 186 Å². The van der Waals surface area contributed by atoms with E-state index in [0.29, 0.717) is 4.90 Å². The fourth-order valence-electron chi connectivity index (χ4n) is 14.4. The van der Waals surface area contributed by atoms with Crippen LogP contribution in [0.5, 0.6) is 46.0 Å². The number of hydrogen-bond donors (Lipinski definition) is 4. The summed E-state index contributed by atoms with van der Waals surface area (Å²) in [4.78, 5) is 57.3. The summed E-state index contributed by atoms with van der Waals surface area (Å²) in [6.45, 7) is -31.6. The summed E-state index contributed by atoms with van der Waals surface area (Å²) in [7, 11) is 0.0445. The Morgan fingerprint density at radius 2 is 0.592 bits per heavy atom. The van der Waals surface area contributed by atoms with E-state index in [4.69, 9.17) is 165 Å². The molecule has 0 saturated carbocycles. The third-order valence-corrected chi connectivity index (χ3v) is 19.9.